The molecule has 2 aromatic heterocycles. The van der Waals surface area contributed by atoms with Crippen molar-refractivity contribution in [3.8, 4) is 23.3 Å². The number of rotatable bonds is 6. The van der Waals surface area contributed by atoms with Gasteiger partial charge in [0.25, 0.3) is 0 Å². The highest BCUT2D eigenvalue weighted by atomic mass is 32.2. The molecular formula is C31H25N5OS. The number of nitrogens with two attached hydrogens (primary N) is 1. The van der Waals surface area contributed by atoms with Crippen LogP contribution in [0.4, 0.5) is 5.82 Å². The third-order valence-corrected chi connectivity index (χ3v) is 8.11. The minimum absolute atomic E-state index is 0.0442. The first-order valence-corrected chi connectivity index (χ1v) is 13.3. The predicted molar refractivity (Wildman–Crippen MR) is 153 cm³/mol. The van der Waals surface area contributed by atoms with E-state index < -0.39 is 5.25 Å². The van der Waals surface area contributed by atoms with Gasteiger partial charge in [-0.15, -0.1) is 0 Å². The molecule has 0 aliphatic carbocycles. The number of nitrogen functional groups attached to an aromatic ring is 1. The molecule has 0 saturated heterocycles. The summed E-state index contributed by atoms with van der Waals surface area (Å²) >= 11 is 1.22. The highest BCUT2D eigenvalue weighted by Crippen LogP contribution is 2.39. The summed E-state index contributed by atoms with van der Waals surface area (Å²) in [5, 5.41) is 21.9. The molecule has 186 valence electrons. The van der Waals surface area contributed by atoms with Crippen LogP contribution in [-0.4, -0.2) is 20.7 Å². The van der Waals surface area contributed by atoms with Gasteiger partial charge in [-0.05, 0) is 36.1 Å². The Morgan fingerprint density at radius 1 is 0.921 bits per heavy atom. The van der Waals surface area contributed by atoms with Gasteiger partial charge in [-0.2, -0.15) is 10.5 Å². The monoisotopic (exact) mass is 515 g/mol. The minimum atomic E-state index is -0.531. The molecule has 3 aromatic carbocycles. The van der Waals surface area contributed by atoms with Crippen molar-refractivity contribution in [1.82, 2.24) is 9.55 Å². The van der Waals surface area contributed by atoms with Crippen LogP contribution in [0.5, 0.6) is 0 Å². The summed E-state index contributed by atoms with van der Waals surface area (Å²) in [4.78, 5) is 18.5. The maximum Gasteiger partial charge on any atom is 0.245 e. The molecule has 2 heterocycles. The van der Waals surface area contributed by atoms with Crippen LogP contribution in [0.2, 0.25) is 0 Å². The van der Waals surface area contributed by atoms with Gasteiger partial charge in [0.2, 0.25) is 5.91 Å². The van der Waals surface area contributed by atoms with Crippen molar-refractivity contribution in [2.24, 2.45) is 0 Å². The predicted octanol–water partition coefficient (Wildman–Crippen LogP) is 6.96. The van der Waals surface area contributed by atoms with E-state index in [1.807, 2.05) is 79.7 Å². The van der Waals surface area contributed by atoms with Gasteiger partial charge >= 0.3 is 0 Å². The van der Waals surface area contributed by atoms with E-state index in [2.05, 4.69) is 24.0 Å². The van der Waals surface area contributed by atoms with Crippen LogP contribution in [0.1, 0.15) is 41.8 Å². The maximum absolute atomic E-state index is 14.1. The SMILES string of the molecule is CCc1ccc(-c2c(C#N)c(N)nc(SC(CC)C(=O)n3c4ccccc4c4ccccc43)c2C#N)cc1. The third kappa shape index (κ3) is 4.18. The Labute approximate surface area is 225 Å². The van der Waals surface area contributed by atoms with Crippen LogP contribution in [0.15, 0.2) is 77.8 Å². The number of anilines is 1. The van der Waals surface area contributed by atoms with Gasteiger partial charge in [-0.1, -0.05) is 86.3 Å². The van der Waals surface area contributed by atoms with Crippen LogP contribution >= 0.6 is 11.8 Å². The van der Waals surface area contributed by atoms with Crippen LogP contribution in [-0.2, 0) is 6.42 Å². The van der Waals surface area contributed by atoms with Crippen molar-refractivity contribution in [3.63, 3.8) is 0 Å². The molecule has 1 unspecified atom stereocenters. The number of pyridine rings is 1. The Bertz CT molecular complexity index is 1720. The second-order valence-corrected chi connectivity index (χ2v) is 10.1. The molecule has 0 saturated carbocycles. The quantitative estimate of drug-likeness (QED) is 0.245. The zero-order valence-electron chi connectivity index (χ0n) is 21.1. The lowest BCUT2D eigenvalue weighted by molar-refractivity contribution is 0.0919. The van der Waals surface area contributed by atoms with E-state index in [1.165, 1.54) is 11.8 Å². The Kier molecular flexibility index (Phi) is 6.87. The number of hydrogen-bond donors (Lipinski definition) is 1. The van der Waals surface area contributed by atoms with Crippen LogP contribution in [0.3, 0.4) is 0 Å². The van der Waals surface area contributed by atoms with E-state index in [0.717, 1.165) is 33.8 Å². The van der Waals surface area contributed by atoms with Gasteiger partial charge in [-0.3, -0.25) is 9.36 Å². The molecule has 0 bridgehead atoms. The van der Waals surface area contributed by atoms with Gasteiger partial charge in [0.15, 0.2) is 0 Å². The second-order valence-electron chi connectivity index (χ2n) is 8.92. The van der Waals surface area contributed by atoms with E-state index in [4.69, 9.17) is 5.73 Å². The lowest BCUT2D eigenvalue weighted by Gasteiger charge is -2.18. The van der Waals surface area contributed by atoms with E-state index in [9.17, 15) is 15.3 Å². The van der Waals surface area contributed by atoms with E-state index in [1.54, 1.807) is 4.57 Å². The first-order chi connectivity index (χ1) is 18.5. The molecular weight excluding hydrogens is 490 g/mol. The number of nitrogens with zero attached hydrogens (tertiary/aromatic N) is 4. The summed E-state index contributed by atoms with van der Waals surface area (Å²) in [7, 11) is 0. The molecule has 1 atom stereocenters. The molecule has 0 spiro atoms. The number of aryl methyl sites for hydroxylation is 1. The normalized spacial score (nSPS) is 11.8. The van der Waals surface area contributed by atoms with Crippen molar-refractivity contribution in [3.05, 3.63) is 89.5 Å². The number of carbonyl (C=O) groups excluding carboxylic acids is 1. The number of fused-ring (bicyclic) bond motifs is 3. The smallest absolute Gasteiger partial charge is 0.245 e. The lowest BCUT2D eigenvalue weighted by atomic mass is 9.96. The number of thioether (sulfide) groups is 1. The summed E-state index contributed by atoms with van der Waals surface area (Å²) in [5.74, 6) is -0.0555. The average molecular weight is 516 g/mol. The van der Waals surface area contributed by atoms with Crippen molar-refractivity contribution < 1.29 is 4.79 Å². The molecule has 0 aliphatic rings. The van der Waals surface area contributed by atoms with Gasteiger partial charge in [0, 0.05) is 16.3 Å². The molecule has 5 rings (SSSR count). The Balaban J connectivity index is 1.63. The van der Waals surface area contributed by atoms with Gasteiger partial charge in [0.1, 0.15) is 28.5 Å². The Hall–Kier alpha value is -4.59. The van der Waals surface area contributed by atoms with Crippen molar-refractivity contribution in [1.29, 1.82) is 10.5 Å². The van der Waals surface area contributed by atoms with E-state index >= 15 is 0 Å². The number of hydrogen-bond acceptors (Lipinski definition) is 6. The van der Waals surface area contributed by atoms with E-state index in [-0.39, 0.29) is 22.9 Å². The Morgan fingerprint density at radius 2 is 1.50 bits per heavy atom. The Morgan fingerprint density at radius 3 is 2.03 bits per heavy atom. The summed E-state index contributed by atoms with van der Waals surface area (Å²) in [6, 6.07) is 27.8. The molecule has 0 amide bonds. The number of carbonyl (C=O) groups is 1. The number of benzene rings is 3. The average Bonchev–Trinajstić information content (AvgIpc) is 3.29. The summed E-state index contributed by atoms with van der Waals surface area (Å²) in [6.07, 6.45) is 1.39. The van der Waals surface area contributed by atoms with Crippen LogP contribution < -0.4 is 5.73 Å². The molecule has 6 nitrogen and oxygen atoms in total. The second kappa shape index (κ2) is 10.4. The fourth-order valence-electron chi connectivity index (χ4n) is 4.83. The van der Waals surface area contributed by atoms with Crippen LogP contribution in [0.25, 0.3) is 32.9 Å². The molecule has 2 N–H and O–H groups in total. The summed E-state index contributed by atoms with van der Waals surface area (Å²) < 4.78 is 1.76. The minimum Gasteiger partial charge on any atom is -0.383 e. The highest BCUT2D eigenvalue weighted by Gasteiger charge is 2.28. The summed E-state index contributed by atoms with van der Waals surface area (Å²) in [5.41, 5.74) is 10.6. The number of para-hydroxylation sites is 2. The topological polar surface area (TPSA) is 108 Å². The highest BCUT2D eigenvalue weighted by molar-refractivity contribution is 8.00. The maximum atomic E-state index is 14.1. The van der Waals surface area contributed by atoms with E-state index in [0.29, 0.717) is 22.6 Å². The largest absolute Gasteiger partial charge is 0.383 e. The molecule has 0 radical (unpaired) electrons. The van der Waals surface area contributed by atoms with Crippen molar-refractivity contribution in [2.75, 3.05) is 5.73 Å². The molecule has 38 heavy (non-hydrogen) atoms. The van der Waals surface area contributed by atoms with Crippen LogP contribution in [0, 0.1) is 22.7 Å². The standard InChI is InChI=1S/C31H25N5OS/c1-3-19-13-15-20(16-14-19)28-23(17-32)29(34)35-30(24(28)18-33)38-27(4-2)31(37)36-25-11-7-5-9-21(25)22-10-6-8-12-26(22)36/h5-16,27H,3-4H2,1-2H3,(H2,34,35). The zero-order chi connectivity index (χ0) is 26.8. The molecule has 5 aromatic rings. The first-order valence-electron chi connectivity index (χ1n) is 12.4. The first kappa shape index (κ1) is 25.1. The summed E-state index contributed by atoms with van der Waals surface area (Å²) in [6.45, 7) is 4.00. The molecule has 0 aliphatic heterocycles. The van der Waals surface area contributed by atoms with Crippen molar-refractivity contribution >= 4 is 45.3 Å². The van der Waals surface area contributed by atoms with Gasteiger partial charge < -0.3 is 5.73 Å². The third-order valence-electron chi connectivity index (χ3n) is 6.77. The fourth-order valence-corrected chi connectivity index (χ4v) is 5.89. The number of nitriles is 2. The fraction of sp³-hybridized carbons (Fsp3) is 0.161. The van der Waals surface area contributed by atoms with Crippen molar-refractivity contribution in [2.45, 2.75) is 37.0 Å². The zero-order valence-corrected chi connectivity index (χ0v) is 21.9. The van der Waals surface area contributed by atoms with Gasteiger partial charge in [0.05, 0.1) is 21.8 Å². The van der Waals surface area contributed by atoms with Gasteiger partial charge in [-0.25, -0.2) is 4.98 Å². The molecule has 7 heteroatoms. The molecule has 0 fully saturated rings. The number of aromatic nitrogens is 2. The lowest BCUT2D eigenvalue weighted by Crippen LogP contribution is -2.24.